The van der Waals surface area contributed by atoms with Gasteiger partial charge in [-0.2, -0.15) is 0 Å². The number of carbonyl (C=O) groups is 2. The van der Waals surface area contributed by atoms with Crippen molar-refractivity contribution in [3.05, 3.63) is 76.2 Å². The van der Waals surface area contributed by atoms with Crippen LogP contribution in [-0.2, 0) is 4.79 Å². The number of benzene rings is 2. The van der Waals surface area contributed by atoms with Crippen molar-refractivity contribution in [1.82, 2.24) is 10.6 Å². The van der Waals surface area contributed by atoms with Gasteiger partial charge >= 0.3 is 6.03 Å². The summed E-state index contributed by atoms with van der Waals surface area (Å²) in [5.41, 5.74) is 1.36. The topological polar surface area (TPSA) is 70.2 Å². The third-order valence-corrected chi connectivity index (χ3v) is 4.08. The summed E-state index contributed by atoms with van der Waals surface area (Å²) in [5, 5.41) is 8.43. The van der Waals surface area contributed by atoms with E-state index < -0.39 is 23.8 Å². The normalized spacial score (nSPS) is 16.9. The predicted molar refractivity (Wildman–Crippen MR) is 93.6 cm³/mol. The molecule has 1 atom stereocenters. The summed E-state index contributed by atoms with van der Waals surface area (Å²) in [6.45, 7) is 1.60. The van der Waals surface area contributed by atoms with E-state index in [0.717, 1.165) is 0 Å². The summed E-state index contributed by atoms with van der Waals surface area (Å²) in [4.78, 5) is 24.6. The van der Waals surface area contributed by atoms with Crippen LogP contribution in [0.1, 0.15) is 18.5 Å². The van der Waals surface area contributed by atoms with Gasteiger partial charge < -0.3 is 16.0 Å². The number of anilines is 1. The van der Waals surface area contributed by atoms with Gasteiger partial charge in [0.1, 0.15) is 5.82 Å². The first-order chi connectivity index (χ1) is 12.0. The lowest BCUT2D eigenvalue weighted by molar-refractivity contribution is -0.113. The smallest absolute Gasteiger partial charge is 0.319 e. The molecule has 25 heavy (non-hydrogen) atoms. The largest absolute Gasteiger partial charge is 0.327 e. The van der Waals surface area contributed by atoms with Crippen molar-refractivity contribution in [3.63, 3.8) is 0 Å². The molecule has 0 unspecified atom stereocenters. The molecular weight excluding hydrogens is 345 g/mol. The van der Waals surface area contributed by atoms with Crippen LogP contribution >= 0.6 is 11.6 Å². The van der Waals surface area contributed by atoms with Crippen molar-refractivity contribution in [3.8, 4) is 0 Å². The molecule has 2 aromatic carbocycles. The van der Waals surface area contributed by atoms with E-state index in [1.165, 1.54) is 12.1 Å². The maximum absolute atomic E-state index is 14.2. The molecule has 0 aromatic heterocycles. The minimum Gasteiger partial charge on any atom is -0.327 e. The van der Waals surface area contributed by atoms with Crippen LogP contribution in [0.5, 0.6) is 0 Å². The maximum atomic E-state index is 14.2. The zero-order valence-electron chi connectivity index (χ0n) is 13.3. The fourth-order valence-electron chi connectivity index (χ4n) is 2.67. The van der Waals surface area contributed by atoms with Crippen LogP contribution < -0.4 is 16.0 Å². The average Bonchev–Trinajstić information content (AvgIpc) is 2.56. The number of amides is 3. The Hall–Kier alpha value is -2.86. The fourth-order valence-corrected chi connectivity index (χ4v) is 2.79. The Kier molecular flexibility index (Phi) is 4.72. The van der Waals surface area contributed by atoms with Gasteiger partial charge in [0.15, 0.2) is 0 Å². The summed E-state index contributed by atoms with van der Waals surface area (Å²) in [6.07, 6.45) is 0. The van der Waals surface area contributed by atoms with E-state index in [2.05, 4.69) is 16.0 Å². The van der Waals surface area contributed by atoms with Gasteiger partial charge in [-0.3, -0.25) is 4.79 Å². The lowest BCUT2D eigenvalue weighted by atomic mass is 9.94. The zero-order chi connectivity index (χ0) is 18.0. The van der Waals surface area contributed by atoms with Gasteiger partial charge in [0.25, 0.3) is 5.91 Å². The van der Waals surface area contributed by atoms with Gasteiger partial charge in [0.05, 0.1) is 11.6 Å². The third-order valence-electron chi connectivity index (χ3n) is 3.83. The first kappa shape index (κ1) is 17.0. The molecule has 0 bridgehead atoms. The summed E-state index contributed by atoms with van der Waals surface area (Å²) in [6, 6.07) is 11.2. The van der Waals surface area contributed by atoms with Gasteiger partial charge in [-0.15, -0.1) is 0 Å². The van der Waals surface area contributed by atoms with Crippen LogP contribution in [0.4, 0.5) is 14.9 Å². The van der Waals surface area contributed by atoms with Crippen molar-refractivity contribution in [2.75, 3.05) is 5.32 Å². The average molecular weight is 360 g/mol. The Morgan fingerprint density at radius 2 is 1.84 bits per heavy atom. The van der Waals surface area contributed by atoms with E-state index in [9.17, 15) is 14.0 Å². The second-order valence-electron chi connectivity index (χ2n) is 5.55. The minimum absolute atomic E-state index is 0.220. The molecule has 1 aliphatic heterocycles. The summed E-state index contributed by atoms with van der Waals surface area (Å²) in [5.74, 6) is -0.945. The van der Waals surface area contributed by atoms with Crippen LogP contribution in [0.2, 0.25) is 5.02 Å². The number of urea groups is 1. The van der Waals surface area contributed by atoms with E-state index in [-0.39, 0.29) is 11.1 Å². The molecule has 1 heterocycles. The highest BCUT2D eigenvalue weighted by atomic mass is 35.5. The molecule has 0 fully saturated rings. The number of allylic oxidation sites excluding steroid dienone is 1. The lowest BCUT2D eigenvalue weighted by Gasteiger charge is -2.28. The second kappa shape index (κ2) is 6.94. The molecule has 0 saturated carbocycles. The third kappa shape index (κ3) is 3.64. The number of nitrogens with one attached hydrogen (secondary N) is 3. The van der Waals surface area contributed by atoms with E-state index in [1.54, 1.807) is 43.3 Å². The van der Waals surface area contributed by atoms with Gasteiger partial charge in [-0.05, 0) is 37.3 Å². The summed E-state index contributed by atoms with van der Waals surface area (Å²) < 4.78 is 14.2. The molecule has 0 saturated heterocycles. The first-order valence-electron chi connectivity index (χ1n) is 7.55. The standard InChI is InChI=1S/C18H15ClFN3O2/c1-10-15(17(24)22-12-8-6-11(19)7-9-12)16(23-18(25)21-10)13-4-2-3-5-14(13)20/h2-9,16H,1H3,(H,22,24)(H2,21,23,25)/t16-/m1/s1. The summed E-state index contributed by atoms with van der Waals surface area (Å²) >= 11 is 5.84. The molecule has 3 amide bonds. The molecular formula is C18H15ClFN3O2. The minimum atomic E-state index is -0.887. The molecule has 128 valence electrons. The zero-order valence-corrected chi connectivity index (χ0v) is 14.0. The Balaban J connectivity index is 1.96. The van der Waals surface area contributed by atoms with Crippen LogP contribution in [0.15, 0.2) is 59.8 Å². The Morgan fingerprint density at radius 1 is 1.16 bits per heavy atom. The molecule has 5 nitrogen and oxygen atoms in total. The highest BCUT2D eigenvalue weighted by Crippen LogP contribution is 2.29. The predicted octanol–water partition coefficient (Wildman–Crippen LogP) is 3.75. The van der Waals surface area contributed by atoms with E-state index >= 15 is 0 Å². The van der Waals surface area contributed by atoms with Gasteiger partial charge in [0, 0.05) is 22.0 Å². The number of hydrogen-bond donors (Lipinski definition) is 3. The Bertz CT molecular complexity index is 865. The van der Waals surface area contributed by atoms with Gasteiger partial charge in [0.2, 0.25) is 0 Å². The first-order valence-corrected chi connectivity index (χ1v) is 7.93. The van der Waals surface area contributed by atoms with Crippen molar-refractivity contribution in [2.24, 2.45) is 0 Å². The van der Waals surface area contributed by atoms with Crippen molar-refractivity contribution >= 4 is 29.2 Å². The molecule has 2 aromatic rings. The molecule has 3 rings (SSSR count). The fraction of sp³-hybridized carbons (Fsp3) is 0.111. The quantitative estimate of drug-likeness (QED) is 0.781. The second-order valence-corrected chi connectivity index (χ2v) is 5.99. The number of rotatable bonds is 3. The molecule has 1 aliphatic rings. The monoisotopic (exact) mass is 359 g/mol. The van der Waals surface area contributed by atoms with Gasteiger partial charge in [-0.1, -0.05) is 29.8 Å². The van der Waals surface area contributed by atoms with Crippen LogP contribution in [-0.4, -0.2) is 11.9 Å². The highest BCUT2D eigenvalue weighted by Gasteiger charge is 2.32. The lowest BCUT2D eigenvalue weighted by Crippen LogP contribution is -2.46. The van der Waals surface area contributed by atoms with Crippen molar-refractivity contribution in [1.29, 1.82) is 0 Å². The van der Waals surface area contributed by atoms with Crippen LogP contribution in [0.3, 0.4) is 0 Å². The number of halogens is 2. The van der Waals surface area contributed by atoms with E-state index in [0.29, 0.717) is 16.4 Å². The highest BCUT2D eigenvalue weighted by molar-refractivity contribution is 6.30. The summed E-state index contributed by atoms with van der Waals surface area (Å²) in [7, 11) is 0. The Morgan fingerprint density at radius 3 is 2.52 bits per heavy atom. The molecule has 0 aliphatic carbocycles. The molecule has 3 N–H and O–H groups in total. The number of carbonyl (C=O) groups excluding carboxylic acids is 2. The Labute approximate surface area is 148 Å². The molecule has 7 heteroatoms. The van der Waals surface area contributed by atoms with Crippen LogP contribution in [0, 0.1) is 5.82 Å². The van der Waals surface area contributed by atoms with Crippen LogP contribution in [0.25, 0.3) is 0 Å². The number of hydrogen-bond acceptors (Lipinski definition) is 2. The van der Waals surface area contributed by atoms with E-state index in [1.807, 2.05) is 0 Å². The molecule has 0 spiro atoms. The van der Waals surface area contributed by atoms with Crippen molar-refractivity contribution < 1.29 is 14.0 Å². The SMILES string of the molecule is CC1=C(C(=O)Nc2ccc(Cl)cc2)[C@@H](c2ccccc2F)NC(=O)N1. The maximum Gasteiger partial charge on any atom is 0.319 e. The van der Waals surface area contributed by atoms with E-state index in [4.69, 9.17) is 11.6 Å². The molecule has 0 radical (unpaired) electrons. The van der Waals surface area contributed by atoms with Gasteiger partial charge in [-0.25, -0.2) is 9.18 Å². The van der Waals surface area contributed by atoms with Crippen molar-refractivity contribution in [2.45, 2.75) is 13.0 Å².